The second-order valence-corrected chi connectivity index (χ2v) is 3.50. The van der Waals surface area contributed by atoms with Crippen molar-refractivity contribution in [1.29, 1.82) is 5.41 Å². The SMILES string of the molecule is CC(C)N1C[C@H](C(=N)N)CC1=O. The molecule has 1 amide bonds. The molecule has 4 heteroatoms. The maximum atomic E-state index is 11.3. The number of nitrogens with zero attached hydrogens (tertiary/aromatic N) is 1. The molecule has 1 rings (SSSR count). The highest BCUT2D eigenvalue weighted by Gasteiger charge is 2.32. The molecule has 0 aromatic heterocycles. The summed E-state index contributed by atoms with van der Waals surface area (Å²) in [4.78, 5) is 13.1. The van der Waals surface area contributed by atoms with E-state index in [4.69, 9.17) is 11.1 Å². The molecule has 1 saturated heterocycles. The average molecular weight is 169 g/mol. The summed E-state index contributed by atoms with van der Waals surface area (Å²) >= 11 is 0. The van der Waals surface area contributed by atoms with Crippen molar-refractivity contribution in [1.82, 2.24) is 4.90 Å². The Bertz CT molecular complexity index is 212. The van der Waals surface area contributed by atoms with E-state index in [1.807, 2.05) is 13.8 Å². The van der Waals surface area contributed by atoms with Crippen molar-refractivity contribution in [2.45, 2.75) is 26.3 Å². The minimum Gasteiger partial charge on any atom is -0.387 e. The summed E-state index contributed by atoms with van der Waals surface area (Å²) in [5, 5.41) is 7.21. The van der Waals surface area contributed by atoms with Crippen molar-refractivity contribution >= 4 is 11.7 Å². The molecule has 0 saturated carbocycles. The van der Waals surface area contributed by atoms with Gasteiger partial charge in [0.1, 0.15) is 0 Å². The number of rotatable bonds is 2. The summed E-state index contributed by atoms with van der Waals surface area (Å²) in [6.07, 6.45) is 0.410. The van der Waals surface area contributed by atoms with Crippen LogP contribution in [0.1, 0.15) is 20.3 Å². The van der Waals surface area contributed by atoms with Crippen molar-refractivity contribution in [2.75, 3.05) is 6.54 Å². The fraction of sp³-hybridized carbons (Fsp3) is 0.750. The molecule has 1 atom stereocenters. The maximum absolute atomic E-state index is 11.3. The summed E-state index contributed by atoms with van der Waals surface area (Å²) in [6.45, 7) is 4.56. The van der Waals surface area contributed by atoms with E-state index in [1.54, 1.807) is 4.90 Å². The van der Waals surface area contributed by atoms with E-state index in [9.17, 15) is 4.79 Å². The molecule has 1 fully saturated rings. The molecule has 3 N–H and O–H groups in total. The Labute approximate surface area is 72.2 Å². The second kappa shape index (κ2) is 3.13. The number of amidine groups is 1. The van der Waals surface area contributed by atoms with Gasteiger partial charge in [0.05, 0.1) is 5.84 Å². The molecule has 68 valence electrons. The Morgan fingerprint density at radius 3 is 2.58 bits per heavy atom. The highest BCUT2D eigenvalue weighted by molar-refractivity contribution is 5.89. The minimum absolute atomic E-state index is 0.0556. The van der Waals surface area contributed by atoms with Gasteiger partial charge in [-0.25, -0.2) is 0 Å². The smallest absolute Gasteiger partial charge is 0.223 e. The largest absolute Gasteiger partial charge is 0.387 e. The highest BCUT2D eigenvalue weighted by Crippen LogP contribution is 2.19. The summed E-state index contributed by atoms with van der Waals surface area (Å²) in [7, 11) is 0. The lowest BCUT2D eigenvalue weighted by Crippen LogP contribution is -2.33. The molecule has 0 aromatic rings. The van der Waals surface area contributed by atoms with Crippen LogP contribution < -0.4 is 5.73 Å². The Hall–Kier alpha value is -1.06. The van der Waals surface area contributed by atoms with Crippen LogP contribution >= 0.6 is 0 Å². The van der Waals surface area contributed by atoms with Gasteiger partial charge in [0.2, 0.25) is 5.91 Å². The number of nitrogens with one attached hydrogen (secondary N) is 1. The summed E-state index contributed by atoms with van der Waals surface area (Å²) in [5.41, 5.74) is 5.33. The molecule has 0 aromatic carbocycles. The molecule has 0 aliphatic carbocycles. The van der Waals surface area contributed by atoms with Crippen LogP contribution in [-0.2, 0) is 4.79 Å². The molecule has 0 unspecified atom stereocenters. The third-order valence-electron chi connectivity index (χ3n) is 2.22. The Morgan fingerprint density at radius 2 is 2.33 bits per heavy atom. The van der Waals surface area contributed by atoms with Crippen molar-refractivity contribution < 1.29 is 4.79 Å². The Morgan fingerprint density at radius 1 is 1.75 bits per heavy atom. The van der Waals surface area contributed by atoms with E-state index in [0.29, 0.717) is 13.0 Å². The average Bonchev–Trinajstić information content (AvgIpc) is 2.30. The first kappa shape index (κ1) is 9.03. The van der Waals surface area contributed by atoms with Crippen LogP contribution in [0.3, 0.4) is 0 Å². The van der Waals surface area contributed by atoms with E-state index in [2.05, 4.69) is 0 Å². The zero-order chi connectivity index (χ0) is 9.30. The maximum Gasteiger partial charge on any atom is 0.223 e. The van der Waals surface area contributed by atoms with Gasteiger partial charge < -0.3 is 10.6 Å². The summed E-state index contributed by atoms with van der Waals surface area (Å²) in [6, 6.07) is 0.224. The van der Waals surface area contributed by atoms with Crippen molar-refractivity contribution in [3.8, 4) is 0 Å². The molecular formula is C8H15N3O. The van der Waals surface area contributed by atoms with Crippen LogP contribution in [0.15, 0.2) is 0 Å². The molecule has 1 aliphatic heterocycles. The summed E-state index contributed by atoms with van der Waals surface area (Å²) in [5.74, 6) is 0.191. The van der Waals surface area contributed by atoms with Crippen molar-refractivity contribution in [3.05, 3.63) is 0 Å². The number of carbonyl (C=O) groups is 1. The first-order valence-electron chi connectivity index (χ1n) is 4.15. The van der Waals surface area contributed by atoms with Gasteiger partial charge in [0, 0.05) is 24.9 Å². The molecule has 0 bridgehead atoms. The number of carbonyl (C=O) groups excluding carboxylic acids is 1. The normalized spacial score (nSPS) is 23.8. The number of amides is 1. The third-order valence-corrected chi connectivity index (χ3v) is 2.22. The Balaban J connectivity index is 2.62. The first-order chi connectivity index (χ1) is 5.52. The highest BCUT2D eigenvalue weighted by atomic mass is 16.2. The van der Waals surface area contributed by atoms with Crippen LogP contribution in [0.25, 0.3) is 0 Å². The van der Waals surface area contributed by atoms with Gasteiger partial charge in [0.25, 0.3) is 0 Å². The van der Waals surface area contributed by atoms with E-state index < -0.39 is 0 Å². The van der Waals surface area contributed by atoms with Crippen molar-refractivity contribution in [2.24, 2.45) is 11.7 Å². The van der Waals surface area contributed by atoms with Gasteiger partial charge in [-0.1, -0.05) is 0 Å². The van der Waals surface area contributed by atoms with Crippen molar-refractivity contribution in [3.63, 3.8) is 0 Å². The molecule has 1 aliphatic rings. The first-order valence-corrected chi connectivity index (χ1v) is 4.15. The Kier molecular flexibility index (Phi) is 2.35. The lowest BCUT2D eigenvalue weighted by molar-refractivity contribution is -0.129. The zero-order valence-electron chi connectivity index (χ0n) is 7.50. The topological polar surface area (TPSA) is 70.2 Å². The number of hydrogen-bond donors (Lipinski definition) is 2. The molecular weight excluding hydrogens is 154 g/mol. The fourth-order valence-electron chi connectivity index (χ4n) is 1.44. The molecule has 0 radical (unpaired) electrons. The van der Waals surface area contributed by atoms with Crippen LogP contribution in [0.4, 0.5) is 0 Å². The van der Waals surface area contributed by atoms with Gasteiger partial charge in [-0.3, -0.25) is 10.2 Å². The molecule has 1 heterocycles. The van der Waals surface area contributed by atoms with Crippen LogP contribution in [0.5, 0.6) is 0 Å². The fourth-order valence-corrected chi connectivity index (χ4v) is 1.44. The quantitative estimate of drug-likeness (QED) is 0.457. The van der Waals surface area contributed by atoms with E-state index in [0.717, 1.165) is 0 Å². The van der Waals surface area contributed by atoms with E-state index >= 15 is 0 Å². The van der Waals surface area contributed by atoms with Gasteiger partial charge in [-0.15, -0.1) is 0 Å². The van der Waals surface area contributed by atoms with Crippen LogP contribution in [0.2, 0.25) is 0 Å². The monoisotopic (exact) mass is 169 g/mol. The molecule has 0 spiro atoms. The van der Waals surface area contributed by atoms with Crippen LogP contribution in [-0.4, -0.2) is 29.2 Å². The molecule has 12 heavy (non-hydrogen) atoms. The van der Waals surface area contributed by atoms with E-state index in [-0.39, 0.29) is 23.7 Å². The third kappa shape index (κ3) is 1.57. The van der Waals surface area contributed by atoms with Gasteiger partial charge in [-0.05, 0) is 13.8 Å². The standard InChI is InChI=1S/C8H15N3O/c1-5(2)11-4-6(8(9)10)3-7(11)12/h5-6H,3-4H2,1-2H3,(H3,9,10)/t6-/m1/s1. The summed E-state index contributed by atoms with van der Waals surface area (Å²) < 4.78 is 0. The minimum atomic E-state index is -0.0556. The lowest BCUT2D eigenvalue weighted by Gasteiger charge is -2.20. The van der Waals surface area contributed by atoms with Crippen LogP contribution in [0, 0.1) is 11.3 Å². The lowest BCUT2D eigenvalue weighted by atomic mass is 10.1. The van der Waals surface area contributed by atoms with Gasteiger partial charge in [0.15, 0.2) is 0 Å². The zero-order valence-corrected chi connectivity index (χ0v) is 7.50. The van der Waals surface area contributed by atoms with Gasteiger partial charge >= 0.3 is 0 Å². The predicted octanol–water partition coefficient (Wildman–Crippen LogP) is 0.179. The second-order valence-electron chi connectivity index (χ2n) is 3.50. The molecule has 4 nitrogen and oxygen atoms in total. The predicted molar refractivity (Wildman–Crippen MR) is 46.9 cm³/mol. The number of hydrogen-bond acceptors (Lipinski definition) is 2. The van der Waals surface area contributed by atoms with E-state index in [1.165, 1.54) is 0 Å². The van der Waals surface area contributed by atoms with Gasteiger partial charge in [-0.2, -0.15) is 0 Å². The number of nitrogens with two attached hydrogens (primary N) is 1. The number of likely N-dealkylation sites (tertiary alicyclic amines) is 1.